The van der Waals surface area contributed by atoms with Crippen LogP contribution in [0.5, 0.6) is 11.5 Å². The van der Waals surface area contributed by atoms with Crippen molar-refractivity contribution in [3.8, 4) is 11.5 Å². The first-order valence-electron chi connectivity index (χ1n) is 9.63. The third kappa shape index (κ3) is 4.95. The third-order valence-corrected chi connectivity index (χ3v) is 5.45. The lowest BCUT2D eigenvalue weighted by Gasteiger charge is -2.32. The lowest BCUT2D eigenvalue weighted by atomic mass is 9.99. The van der Waals surface area contributed by atoms with Crippen molar-refractivity contribution in [2.45, 2.75) is 32.8 Å². The fourth-order valence-electron chi connectivity index (χ4n) is 3.46. The number of nitrogens with zero attached hydrogens (tertiary/aromatic N) is 1. The molecule has 4 nitrogen and oxygen atoms in total. The molecular weight excluding hydrogens is 360 g/mol. The number of aromatic hydroxyl groups is 1. The molecule has 0 bridgehead atoms. The lowest BCUT2D eigenvalue weighted by molar-refractivity contribution is 0.123. The largest absolute Gasteiger partial charge is 0.508 e. The van der Waals surface area contributed by atoms with Gasteiger partial charge in [-0.3, -0.25) is 4.90 Å². The highest BCUT2D eigenvalue weighted by Crippen LogP contribution is 2.36. The predicted molar refractivity (Wildman–Crippen MR) is 111 cm³/mol. The van der Waals surface area contributed by atoms with Crippen LogP contribution in [0.1, 0.15) is 42.6 Å². The number of phenolic OH excluding ortho intramolecular Hbond substituents is 1. The van der Waals surface area contributed by atoms with E-state index in [1.807, 2.05) is 43.3 Å². The quantitative estimate of drug-likeness (QED) is 0.764. The number of hydrogen-bond acceptors (Lipinski definition) is 4. The Morgan fingerprint density at radius 3 is 2.52 bits per heavy atom. The zero-order chi connectivity index (χ0) is 19.4. The molecule has 1 aliphatic rings. The molecule has 0 aliphatic carbocycles. The van der Waals surface area contributed by atoms with Gasteiger partial charge >= 0.3 is 0 Å². The summed E-state index contributed by atoms with van der Waals surface area (Å²) in [5.41, 5.74) is 2.82. The third-order valence-electron chi connectivity index (χ3n) is 5.11. The number of piperazine rings is 1. The van der Waals surface area contributed by atoms with Gasteiger partial charge in [0.1, 0.15) is 17.6 Å². The standard InChI is InChI=1S/C22H29ClN2O2/c1-15(2)18-13-20(26)16(3)12-21(18)27-22(14-25-10-8-24-9-11-25)17-6-4-5-7-19(17)23/h4-7,12-13,15,22,24,26H,8-11,14H2,1-3H3. The Labute approximate surface area is 167 Å². The molecule has 1 unspecified atom stereocenters. The van der Waals surface area contributed by atoms with Crippen LogP contribution >= 0.6 is 11.6 Å². The number of nitrogens with one attached hydrogen (secondary N) is 1. The molecule has 0 amide bonds. The van der Waals surface area contributed by atoms with E-state index in [9.17, 15) is 5.11 Å². The molecule has 2 aromatic rings. The van der Waals surface area contributed by atoms with Gasteiger partial charge in [0, 0.05) is 48.9 Å². The summed E-state index contributed by atoms with van der Waals surface area (Å²) in [7, 11) is 0. The van der Waals surface area contributed by atoms with Crippen LogP contribution in [-0.4, -0.2) is 42.7 Å². The Morgan fingerprint density at radius 2 is 1.85 bits per heavy atom. The molecule has 5 heteroatoms. The summed E-state index contributed by atoms with van der Waals surface area (Å²) < 4.78 is 6.55. The Bertz CT molecular complexity index is 773. The van der Waals surface area contributed by atoms with E-state index in [2.05, 4.69) is 24.1 Å². The Kier molecular flexibility index (Phi) is 6.64. The van der Waals surface area contributed by atoms with Crippen LogP contribution in [-0.2, 0) is 0 Å². The van der Waals surface area contributed by atoms with E-state index in [4.69, 9.17) is 16.3 Å². The average molecular weight is 389 g/mol. The van der Waals surface area contributed by atoms with Gasteiger partial charge in [0.15, 0.2) is 0 Å². The van der Waals surface area contributed by atoms with Crippen molar-refractivity contribution >= 4 is 11.6 Å². The first kappa shape index (κ1) is 20.0. The maximum Gasteiger partial charge on any atom is 0.138 e. The number of benzene rings is 2. The smallest absolute Gasteiger partial charge is 0.138 e. The van der Waals surface area contributed by atoms with E-state index in [0.29, 0.717) is 5.75 Å². The summed E-state index contributed by atoms with van der Waals surface area (Å²) >= 11 is 6.51. The summed E-state index contributed by atoms with van der Waals surface area (Å²) in [4.78, 5) is 2.41. The van der Waals surface area contributed by atoms with Gasteiger partial charge < -0.3 is 15.2 Å². The van der Waals surface area contributed by atoms with Crippen LogP contribution in [0.25, 0.3) is 0 Å². The van der Waals surface area contributed by atoms with Crippen molar-refractivity contribution in [2.75, 3.05) is 32.7 Å². The molecule has 0 saturated carbocycles. The second-order valence-electron chi connectivity index (χ2n) is 7.51. The number of aryl methyl sites for hydroxylation is 1. The minimum absolute atomic E-state index is 0.168. The maximum absolute atomic E-state index is 10.1. The molecule has 1 heterocycles. The number of hydrogen-bond donors (Lipinski definition) is 2. The van der Waals surface area contributed by atoms with E-state index >= 15 is 0 Å². The molecule has 146 valence electrons. The van der Waals surface area contributed by atoms with Crippen LogP contribution in [0, 0.1) is 6.92 Å². The highest BCUT2D eigenvalue weighted by atomic mass is 35.5. The SMILES string of the molecule is Cc1cc(OC(CN2CCNCC2)c2ccccc2Cl)c(C(C)C)cc1O. The summed E-state index contributed by atoms with van der Waals surface area (Å²) in [5.74, 6) is 1.38. The van der Waals surface area contributed by atoms with Gasteiger partial charge in [-0.25, -0.2) is 0 Å². The van der Waals surface area contributed by atoms with Gasteiger partial charge in [-0.2, -0.15) is 0 Å². The van der Waals surface area contributed by atoms with Gasteiger partial charge in [-0.15, -0.1) is 0 Å². The Hall–Kier alpha value is -1.75. The van der Waals surface area contributed by atoms with E-state index in [-0.39, 0.29) is 12.0 Å². The number of ether oxygens (including phenoxy) is 1. The van der Waals surface area contributed by atoms with Crippen molar-refractivity contribution in [1.82, 2.24) is 10.2 Å². The number of rotatable bonds is 6. The van der Waals surface area contributed by atoms with E-state index in [1.165, 1.54) is 0 Å². The van der Waals surface area contributed by atoms with E-state index < -0.39 is 0 Å². The molecule has 1 atom stereocenters. The minimum Gasteiger partial charge on any atom is -0.508 e. The monoisotopic (exact) mass is 388 g/mol. The molecule has 3 rings (SSSR count). The van der Waals surface area contributed by atoms with Gasteiger partial charge in [0.2, 0.25) is 0 Å². The topological polar surface area (TPSA) is 44.7 Å². The molecule has 0 spiro atoms. The molecular formula is C22H29ClN2O2. The average Bonchev–Trinajstić information content (AvgIpc) is 2.65. The molecule has 1 aliphatic heterocycles. The molecule has 1 saturated heterocycles. The first-order chi connectivity index (χ1) is 13.0. The second kappa shape index (κ2) is 8.96. The second-order valence-corrected chi connectivity index (χ2v) is 7.92. The fraction of sp³-hybridized carbons (Fsp3) is 0.455. The zero-order valence-electron chi connectivity index (χ0n) is 16.3. The molecule has 2 N–H and O–H groups in total. The van der Waals surface area contributed by atoms with Crippen molar-refractivity contribution < 1.29 is 9.84 Å². The van der Waals surface area contributed by atoms with Crippen molar-refractivity contribution in [3.63, 3.8) is 0 Å². The fourth-order valence-corrected chi connectivity index (χ4v) is 3.71. The van der Waals surface area contributed by atoms with Crippen LogP contribution in [0.3, 0.4) is 0 Å². The van der Waals surface area contributed by atoms with Crippen LogP contribution < -0.4 is 10.1 Å². The predicted octanol–water partition coefficient (Wildman–Crippen LogP) is 4.50. The normalized spacial score (nSPS) is 16.5. The van der Waals surface area contributed by atoms with Gasteiger partial charge in [0.25, 0.3) is 0 Å². The summed E-state index contributed by atoms with van der Waals surface area (Å²) in [5, 5.41) is 14.2. The minimum atomic E-state index is -0.168. The number of halogens is 1. The van der Waals surface area contributed by atoms with Crippen LogP contribution in [0.15, 0.2) is 36.4 Å². The highest BCUT2D eigenvalue weighted by molar-refractivity contribution is 6.31. The van der Waals surface area contributed by atoms with Crippen molar-refractivity contribution in [3.05, 3.63) is 58.1 Å². The number of phenols is 1. The Balaban J connectivity index is 1.94. The van der Waals surface area contributed by atoms with E-state index in [1.54, 1.807) is 0 Å². The van der Waals surface area contributed by atoms with Crippen molar-refractivity contribution in [2.24, 2.45) is 0 Å². The zero-order valence-corrected chi connectivity index (χ0v) is 17.1. The van der Waals surface area contributed by atoms with Crippen molar-refractivity contribution in [1.29, 1.82) is 0 Å². The molecule has 2 aromatic carbocycles. The molecule has 0 aromatic heterocycles. The van der Waals surface area contributed by atoms with Crippen LogP contribution in [0.4, 0.5) is 0 Å². The van der Waals surface area contributed by atoms with E-state index in [0.717, 1.165) is 60.2 Å². The van der Waals surface area contributed by atoms with Gasteiger partial charge in [-0.1, -0.05) is 43.6 Å². The summed E-state index contributed by atoms with van der Waals surface area (Å²) in [6, 6.07) is 11.7. The molecule has 1 fully saturated rings. The highest BCUT2D eigenvalue weighted by Gasteiger charge is 2.23. The van der Waals surface area contributed by atoms with Gasteiger partial charge in [0.05, 0.1) is 0 Å². The van der Waals surface area contributed by atoms with Crippen LogP contribution in [0.2, 0.25) is 5.02 Å². The Morgan fingerprint density at radius 1 is 1.15 bits per heavy atom. The maximum atomic E-state index is 10.1. The molecule has 27 heavy (non-hydrogen) atoms. The first-order valence-corrected chi connectivity index (χ1v) is 10.0. The molecule has 0 radical (unpaired) electrons. The summed E-state index contributed by atoms with van der Waals surface area (Å²) in [6.45, 7) is 10.9. The summed E-state index contributed by atoms with van der Waals surface area (Å²) in [6.07, 6.45) is -0.168. The lowest BCUT2D eigenvalue weighted by Crippen LogP contribution is -2.45. The van der Waals surface area contributed by atoms with Gasteiger partial charge in [-0.05, 0) is 36.6 Å².